The van der Waals surface area contributed by atoms with E-state index in [2.05, 4.69) is 52.2 Å². The van der Waals surface area contributed by atoms with Crippen LogP contribution in [0, 0.1) is 10.1 Å². The Morgan fingerprint density at radius 3 is 2.33 bits per heavy atom. The molecule has 0 spiro atoms. The SMILES string of the molecule is CN(C)c1ccc2c(c1)[Si](C)(C)C1=CC(=[N+](C)C)C=CC1=C2c1cc(C(=O)NCCOCCOCCCc2ccccc2[N+](=O)[O-])ccc1C(=O)[O-]. The van der Waals surface area contributed by atoms with E-state index in [1.807, 2.05) is 40.3 Å². The smallest absolute Gasteiger partial charge is 0.272 e. The molecule has 1 N–H and O–H groups in total. The number of carbonyl (C=O) groups excluding carboxylic acids is 2. The number of nitrogens with one attached hydrogen (secondary N) is 1. The number of amides is 1. The van der Waals surface area contributed by atoms with Gasteiger partial charge in [-0.25, -0.2) is 4.58 Å². The first-order chi connectivity index (χ1) is 24.8. The number of rotatable bonds is 15. The molecule has 2 aliphatic rings. The molecule has 0 saturated heterocycles. The van der Waals surface area contributed by atoms with Crippen molar-refractivity contribution in [2.24, 2.45) is 0 Å². The van der Waals surface area contributed by atoms with Gasteiger partial charge >= 0.3 is 0 Å². The van der Waals surface area contributed by atoms with E-state index in [1.54, 1.807) is 24.3 Å². The van der Waals surface area contributed by atoms with Crippen LogP contribution in [0.5, 0.6) is 0 Å². The van der Waals surface area contributed by atoms with Crippen molar-refractivity contribution in [1.82, 2.24) is 5.32 Å². The quantitative estimate of drug-likeness (QED) is 0.0821. The highest BCUT2D eigenvalue weighted by Crippen LogP contribution is 2.43. The number of hydrogen-bond donors (Lipinski definition) is 1. The van der Waals surface area contributed by atoms with E-state index in [9.17, 15) is 24.8 Å². The van der Waals surface area contributed by atoms with E-state index in [4.69, 9.17) is 9.47 Å². The first-order valence-electron chi connectivity index (χ1n) is 17.3. The van der Waals surface area contributed by atoms with Gasteiger partial charge in [-0.2, -0.15) is 0 Å². The fourth-order valence-corrected chi connectivity index (χ4v) is 9.74. The summed E-state index contributed by atoms with van der Waals surface area (Å²) in [5, 5.41) is 29.0. The van der Waals surface area contributed by atoms with Gasteiger partial charge < -0.3 is 29.6 Å². The number of carboxylic acid groups (broad SMARTS) is 1. The summed E-state index contributed by atoms with van der Waals surface area (Å²) in [7, 11) is 5.75. The number of carboxylic acids is 1. The second kappa shape index (κ2) is 16.4. The molecule has 1 amide bonds. The summed E-state index contributed by atoms with van der Waals surface area (Å²) in [5.41, 5.74) is 6.39. The molecule has 3 aromatic rings. The van der Waals surface area contributed by atoms with Gasteiger partial charge in [0.1, 0.15) is 22.2 Å². The van der Waals surface area contributed by atoms with Gasteiger partial charge in [-0.15, -0.1) is 0 Å². The Morgan fingerprint density at radius 1 is 0.904 bits per heavy atom. The molecule has 52 heavy (non-hydrogen) atoms. The van der Waals surface area contributed by atoms with E-state index in [1.165, 1.54) is 28.6 Å². The van der Waals surface area contributed by atoms with Crippen molar-refractivity contribution in [2.75, 3.05) is 66.1 Å². The predicted octanol–water partition coefficient (Wildman–Crippen LogP) is 3.90. The Bertz CT molecular complexity index is 2010. The van der Waals surface area contributed by atoms with E-state index in [0.29, 0.717) is 49.4 Å². The van der Waals surface area contributed by atoms with Crippen LogP contribution in [0.15, 0.2) is 89.7 Å². The van der Waals surface area contributed by atoms with Crippen LogP contribution in [0.4, 0.5) is 11.4 Å². The van der Waals surface area contributed by atoms with Gasteiger partial charge in [0.2, 0.25) is 0 Å². The Kier molecular flexibility index (Phi) is 12.0. The van der Waals surface area contributed by atoms with E-state index in [0.717, 1.165) is 28.1 Å². The summed E-state index contributed by atoms with van der Waals surface area (Å²) >= 11 is 0. The lowest BCUT2D eigenvalue weighted by Crippen LogP contribution is -2.50. The van der Waals surface area contributed by atoms with Crippen LogP contribution < -0.4 is 20.5 Å². The molecule has 1 heterocycles. The lowest BCUT2D eigenvalue weighted by Gasteiger charge is -2.38. The lowest BCUT2D eigenvalue weighted by atomic mass is 9.86. The Morgan fingerprint density at radius 2 is 1.63 bits per heavy atom. The van der Waals surface area contributed by atoms with Gasteiger partial charge in [-0.3, -0.25) is 14.9 Å². The topological polar surface area (TPSA) is 137 Å². The summed E-state index contributed by atoms with van der Waals surface area (Å²) in [5.74, 6) is -1.66. The zero-order chi connectivity index (χ0) is 37.6. The van der Waals surface area contributed by atoms with Crippen molar-refractivity contribution < 1.29 is 33.7 Å². The van der Waals surface area contributed by atoms with Crippen LogP contribution in [0.2, 0.25) is 13.1 Å². The fourth-order valence-electron chi connectivity index (χ4n) is 6.67. The summed E-state index contributed by atoms with van der Waals surface area (Å²) in [6, 6.07) is 17.6. The monoisotopic (exact) mass is 722 g/mol. The second-order valence-corrected chi connectivity index (χ2v) is 18.1. The van der Waals surface area contributed by atoms with Crippen LogP contribution >= 0.6 is 0 Å². The summed E-state index contributed by atoms with van der Waals surface area (Å²) < 4.78 is 13.3. The van der Waals surface area contributed by atoms with Crippen molar-refractivity contribution in [1.29, 1.82) is 0 Å². The standard InChI is InChI=1S/C40H46N4O7Si/c1-42(2)29-14-17-32-36(25-29)52(5,6)37-26-30(43(3)4)15-18-33(37)38(32)34-24-28(13-16-31(34)40(46)47)39(45)41-19-21-51-23-22-50-20-9-11-27-10-7-8-12-35(27)44(48)49/h7-8,10,12-18,24-26H,9,11,19-23H2,1-6H3,(H-,41,45,46,47). The number of nitro benzene ring substituents is 1. The molecule has 0 atom stereocenters. The minimum atomic E-state index is -2.26. The number of aryl methyl sites for hydroxylation is 1. The van der Waals surface area contributed by atoms with E-state index < -0.39 is 14.0 Å². The van der Waals surface area contributed by atoms with Crippen molar-refractivity contribution in [3.63, 3.8) is 0 Å². The number of anilines is 1. The van der Waals surface area contributed by atoms with Crippen molar-refractivity contribution >= 4 is 47.8 Å². The molecular weight excluding hydrogens is 677 g/mol. The summed E-state index contributed by atoms with van der Waals surface area (Å²) in [6.07, 6.45) is 7.51. The third-order valence-electron chi connectivity index (χ3n) is 9.52. The first-order valence-corrected chi connectivity index (χ1v) is 20.3. The maximum atomic E-state index is 13.4. The summed E-state index contributed by atoms with van der Waals surface area (Å²) in [4.78, 5) is 38.8. The largest absolute Gasteiger partial charge is 0.545 e. The predicted molar refractivity (Wildman–Crippen MR) is 204 cm³/mol. The Hall–Kier alpha value is -5.17. The second-order valence-electron chi connectivity index (χ2n) is 13.8. The number of nitrogens with zero attached hydrogens (tertiary/aromatic N) is 3. The van der Waals surface area contributed by atoms with Crippen LogP contribution in [0.25, 0.3) is 5.57 Å². The van der Waals surface area contributed by atoms with E-state index in [-0.39, 0.29) is 35.2 Å². The van der Waals surface area contributed by atoms with Crippen LogP contribution in [-0.4, -0.2) is 96.3 Å². The molecule has 0 saturated carbocycles. The maximum Gasteiger partial charge on any atom is 0.272 e. The Balaban J connectivity index is 1.28. The number of hydrogen-bond acceptors (Lipinski definition) is 8. The normalized spacial score (nSPS) is 14.3. The highest BCUT2D eigenvalue weighted by molar-refractivity contribution is 6.98. The number of aromatic carboxylic acids is 1. The van der Waals surface area contributed by atoms with Gasteiger partial charge in [-0.1, -0.05) is 43.4 Å². The lowest BCUT2D eigenvalue weighted by molar-refractivity contribution is -0.462. The van der Waals surface area contributed by atoms with Gasteiger partial charge in [0.05, 0.1) is 30.7 Å². The molecule has 5 rings (SSSR count). The highest BCUT2D eigenvalue weighted by Gasteiger charge is 2.41. The number of allylic oxidation sites excluding steroid dienone is 5. The van der Waals surface area contributed by atoms with Crippen molar-refractivity contribution in [3.05, 3.63) is 128 Å². The van der Waals surface area contributed by atoms with E-state index >= 15 is 0 Å². The average Bonchev–Trinajstić information content (AvgIpc) is 3.12. The van der Waals surface area contributed by atoms with Crippen LogP contribution in [-0.2, 0) is 15.9 Å². The molecule has 0 unspecified atom stereocenters. The first kappa shape index (κ1) is 38.1. The van der Waals surface area contributed by atoms with Gasteiger partial charge in [-0.05, 0) is 75.8 Å². The minimum Gasteiger partial charge on any atom is -0.545 e. The van der Waals surface area contributed by atoms with Gasteiger partial charge in [0.25, 0.3) is 11.6 Å². The van der Waals surface area contributed by atoms with Crippen molar-refractivity contribution in [2.45, 2.75) is 25.9 Å². The van der Waals surface area contributed by atoms with Crippen LogP contribution in [0.3, 0.4) is 0 Å². The molecule has 1 aliphatic heterocycles. The van der Waals surface area contributed by atoms with Crippen LogP contribution in [0.1, 0.15) is 43.8 Å². The molecular formula is C40H46N4O7Si. The third-order valence-corrected chi connectivity index (χ3v) is 13.0. The number of benzene rings is 3. The number of carbonyl (C=O) groups is 2. The third kappa shape index (κ3) is 8.30. The van der Waals surface area contributed by atoms with Gasteiger partial charge in [0.15, 0.2) is 5.71 Å². The molecule has 0 aromatic heterocycles. The molecule has 11 nitrogen and oxygen atoms in total. The zero-order valence-corrected chi connectivity index (χ0v) is 31.7. The molecule has 12 heteroatoms. The highest BCUT2D eigenvalue weighted by atomic mass is 28.3. The summed E-state index contributed by atoms with van der Waals surface area (Å²) in [6.45, 7) is 6.27. The fraction of sp³-hybridized carbons (Fsp3) is 0.325. The molecule has 0 radical (unpaired) electrons. The number of nitro groups is 1. The molecule has 3 aromatic carbocycles. The molecule has 0 fully saturated rings. The average molecular weight is 723 g/mol. The minimum absolute atomic E-state index is 0.0171. The molecule has 0 bridgehead atoms. The maximum absolute atomic E-state index is 13.4. The number of fused-ring (bicyclic) bond motifs is 2. The van der Waals surface area contributed by atoms with Gasteiger partial charge in [0, 0.05) is 67.8 Å². The Labute approximate surface area is 305 Å². The molecule has 272 valence electrons. The molecule has 1 aliphatic carbocycles. The number of ether oxygens (including phenoxy) is 2. The number of para-hydroxylation sites is 1. The van der Waals surface area contributed by atoms with Crippen molar-refractivity contribution in [3.8, 4) is 0 Å². The zero-order valence-electron chi connectivity index (χ0n) is 30.7.